The molecule has 2 aromatic carbocycles. The summed E-state index contributed by atoms with van der Waals surface area (Å²) in [4.78, 5) is 9.44. The molecule has 4 heterocycles. The van der Waals surface area contributed by atoms with Crippen LogP contribution < -0.4 is 15.4 Å². The second kappa shape index (κ2) is 6.92. The van der Waals surface area contributed by atoms with Crippen LogP contribution in [-0.4, -0.2) is 22.9 Å². The molecule has 6 rings (SSSR count). The highest BCUT2D eigenvalue weighted by Gasteiger charge is 2.43. The molecule has 0 aliphatic carbocycles. The van der Waals surface area contributed by atoms with Crippen molar-refractivity contribution < 1.29 is 4.42 Å². The van der Waals surface area contributed by atoms with Gasteiger partial charge in [0.15, 0.2) is 0 Å². The van der Waals surface area contributed by atoms with Crippen LogP contribution in [0.15, 0.2) is 76.8 Å². The van der Waals surface area contributed by atoms with Gasteiger partial charge in [0, 0.05) is 27.9 Å². The number of anilines is 3. The zero-order valence-corrected chi connectivity index (χ0v) is 18.8. The molecular formula is C26H25BN4O. The third-order valence-electron chi connectivity index (χ3n) is 6.63. The molecule has 0 saturated carbocycles. The molecule has 0 fully saturated rings. The molecule has 32 heavy (non-hydrogen) atoms. The highest BCUT2D eigenvalue weighted by atomic mass is 16.3. The molecule has 0 unspecified atom stereocenters. The molecule has 0 amide bonds. The number of aromatic nitrogens is 1. The molecule has 2 aliphatic heterocycles. The van der Waals surface area contributed by atoms with Crippen LogP contribution in [0.5, 0.6) is 0 Å². The Labute approximate surface area is 188 Å². The van der Waals surface area contributed by atoms with Crippen LogP contribution in [0.25, 0.3) is 17.2 Å². The Morgan fingerprint density at radius 1 is 0.906 bits per heavy atom. The number of allylic oxidation sites excluding steroid dienone is 1. The summed E-state index contributed by atoms with van der Waals surface area (Å²) in [6.07, 6.45) is 2.26. The molecule has 0 bridgehead atoms. The van der Waals surface area contributed by atoms with Gasteiger partial charge in [-0.3, -0.25) is 5.01 Å². The summed E-state index contributed by atoms with van der Waals surface area (Å²) in [5.74, 6) is 0.916. The van der Waals surface area contributed by atoms with Crippen LogP contribution >= 0.6 is 0 Å². The smallest absolute Gasteiger partial charge is 0.315 e. The molecule has 2 aliphatic rings. The number of hydrogen-bond acceptors (Lipinski definition) is 5. The molecule has 0 N–H and O–H groups in total. The Morgan fingerprint density at radius 2 is 1.62 bits per heavy atom. The lowest BCUT2D eigenvalue weighted by Gasteiger charge is -2.44. The number of rotatable bonds is 2. The number of pyridine rings is 1. The molecule has 0 radical (unpaired) electrons. The fourth-order valence-corrected chi connectivity index (χ4v) is 5.30. The monoisotopic (exact) mass is 420 g/mol. The third kappa shape index (κ3) is 2.62. The van der Waals surface area contributed by atoms with E-state index in [0.29, 0.717) is 5.71 Å². The van der Waals surface area contributed by atoms with Gasteiger partial charge in [-0.25, -0.2) is 4.98 Å². The van der Waals surface area contributed by atoms with Gasteiger partial charge in [0.25, 0.3) is 0 Å². The van der Waals surface area contributed by atoms with Gasteiger partial charge in [-0.2, -0.15) is 0 Å². The predicted molar refractivity (Wildman–Crippen MR) is 132 cm³/mol. The number of hydrazine groups is 1. The highest BCUT2D eigenvalue weighted by Crippen LogP contribution is 2.46. The summed E-state index contributed by atoms with van der Waals surface area (Å²) in [5, 5.41) is 3.51. The van der Waals surface area contributed by atoms with E-state index in [1.807, 2.05) is 6.92 Å². The molecule has 1 atom stereocenters. The number of para-hydroxylation sites is 3. The molecule has 6 heteroatoms. The van der Waals surface area contributed by atoms with Crippen molar-refractivity contribution in [2.24, 2.45) is 0 Å². The second-order valence-corrected chi connectivity index (χ2v) is 8.66. The first-order chi connectivity index (χ1) is 15.5. The van der Waals surface area contributed by atoms with E-state index in [9.17, 15) is 0 Å². The zero-order chi connectivity index (χ0) is 22.0. The summed E-state index contributed by atoms with van der Waals surface area (Å²) in [7, 11) is 0. The Balaban J connectivity index is 1.49. The summed E-state index contributed by atoms with van der Waals surface area (Å²) in [6, 6.07) is 23.5. The maximum Gasteiger partial charge on any atom is 0.315 e. The molecule has 0 spiro atoms. The van der Waals surface area contributed by atoms with Gasteiger partial charge in [-0.05, 0) is 63.2 Å². The summed E-state index contributed by atoms with van der Waals surface area (Å²) >= 11 is 0. The molecule has 5 nitrogen and oxygen atoms in total. The van der Waals surface area contributed by atoms with Crippen LogP contribution in [0.4, 0.5) is 17.1 Å². The van der Waals surface area contributed by atoms with Crippen molar-refractivity contribution >= 4 is 46.5 Å². The topological polar surface area (TPSA) is 35.8 Å². The number of benzene rings is 2. The van der Waals surface area contributed by atoms with E-state index in [-0.39, 0.29) is 13.0 Å². The third-order valence-corrected chi connectivity index (χ3v) is 6.63. The lowest BCUT2D eigenvalue weighted by molar-refractivity contribution is 0.442. The fraction of sp³-hybridized carbons (Fsp3) is 0.192. The first-order valence-electron chi connectivity index (χ1n) is 11.1. The fourth-order valence-electron chi connectivity index (χ4n) is 5.30. The van der Waals surface area contributed by atoms with Crippen LogP contribution in [0.1, 0.15) is 25.3 Å². The standard InChI is InChI=1S/C26H25BN4O/c1-17-14-15-21-25-24(32-26(21)28-17)16-18(2)31(27(25)4)30-19(3)29(20-10-6-5-7-11-20)22-12-8-9-13-23(22)30/h5-16,19H,1-4H3/t19-/m0/s1. The van der Waals surface area contributed by atoms with Crippen LogP contribution in [0, 0.1) is 6.92 Å². The van der Waals surface area contributed by atoms with E-state index < -0.39 is 0 Å². The quantitative estimate of drug-likeness (QED) is 0.397. The maximum atomic E-state index is 6.17. The highest BCUT2D eigenvalue weighted by molar-refractivity contribution is 6.73. The van der Waals surface area contributed by atoms with Crippen LogP contribution in [0.2, 0.25) is 6.82 Å². The SMILES string of the molecule is CB1c2c(oc3nc(C)ccc23)C=C(C)N1N1c2ccccc2N(c2ccccc2)[C@@H]1C. The normalized spacial score (nSPS) is 17.6. The second-order valence-electron chi connectivity index (χ2n) is 8.66. The van der Waals surface area contributed by atoms with E-state index >= 15 is 0 Å². The number of fused-ring (bicyclic) bond motifs is 4. The van der Waals surface area contributed by atoms with Crippen molar-refractivity contribution in [1.82, 2.24) is 9.90 Å². The maximum absolute atomic E-state index is 6.17. The van der Waals surface area contributed by atoms with Crippen molar-refractivity contribution in [3.8, 4) is 0 Å². The van der Waals surface area contributed by atoms with Gasteiger partial charge in [0.2, 0.25) is 5.71 Å². The minimum atomic E-state index is 0.104. The Morgan fingerprint density at radius 3 is 2.41 bits per heavy atom. The van der Waals surface area contributed by atoms with Gasteiger partial charge in [-0.15, -0.1) is 0 Å². The van der Waals surface area contributed by atoms with Gasteiger partial charge in [0.05, 0.1) is 11.4 Å². The first kappa shape index (κ1) is 19.1. The Hall–Kier alpha value is -3.67. The van der Waals surface area contributed by atoms with E-state index in [1.54, 1.807) is 0 Å². The molecule has 4 aromatic rings. The largest absolute Gasteiger partial charge is 0.439 e. The summed E-state index contributed by atoms with van der Waals surface area (Å²) < 4.78 is 6.17. The predicted octanol–water partition coefficient (Wildman–Crippen LogP) is 5.56. The van der Waals surface area contributed by atoms with Crippen molar-refractivity contribution in [2.75, 3.05) is 9.91 Å². The van der Waals surface area contributed by atoms with E-state index in [2.05, 4.69) is 113 Å². The average molecular weight is 420 g/mol. The summed E-state index contributed by atoms with van der Waals surface area (Å²) in [6.45, 7) is 8.78. The molecule has 2 aromatic heterocycles. The first-order valence-corrected chi connectivity index (χ1v) is 11.1. The van der Waals surface area contributed by atoms with Crippen molar-refractivity contribution in [3.63, 3.8) is 0 Å². The minimum absolute atomic E-state index is 0.104. The van der Waals surface area contributed by atoms with Crippen molar-refractivity contribution in [1.29, 1.82) is 0 Å². The van der Waals surface area contributed by atoms with E-state index in [0.717, 1.165) is 22.5 Å². The lowest BCUT2D eigenvalue weighted by Crippen LogP contribution is -2.59. The minimum Gasteiger partial charge on any atom is -0.439 e. The number of hydrogen-bond donors (Lipinski definition) is 0. The molecule has 158 valence electrons. The van der Waals surface area contributed by atoms with E-state index in [4.69, 9.17) is 4.42 Å². The Kier molecular flexibility index (Phi) is 4.12. The zero-order valence-electron chi connectivity index (χ0n) is 18.8. The number of nitrogens with zero attached hydrogens (tertiary/aromatic N) is 4. The molecular weight excluding hydrogens is 395 g/mol. The molecule has 0 saturated heterocycles. The lowest BCUT2D eigenvalue weighted by atomic mass is 9.55. The van der Waals surface area contributed by atoms with Crippen LogP contribution in [0.3, 0.4) is 0 Å². The summed E-state index contributed by atoms with van der Waals surface area (Å²) in [5.41, 5.74) is 7.64. The average Bonchev–Trinajstić information content (AvgIpc) is 3.28. The van der Waals surface area contributed by atoms with Gasteiger partial charge in [0.1, 0.15) is 11.9 Å². The number of furan rings is 1. The van der Waals surface area contributed by atoms with Gasteiger partial charge >= 0.3 is 6.85 Å². The van der Waals surface area contributed by atoms with Gasteiger partial charge < -0.3 is 14.2 Å². The van der Waals surface area contributed by atoms with Crippen molar-refractivity contribution in [3.05, 3.63) is 83.9 Å². The number of aryl methyl sites for hydroxylation is 1. The van der Waals surface area contributed by atoms with Gasteiger partial charge in [-0.1, -0.05) is 37.2 Å². The van der Waals surface area contributed by atoms with Crippen molar-refractivity contribution in [2.45, 2.75) is 33.8 Å². The van der Waals surface area contributed by atoms with E-state index in [1.165, 1.54) is 22.5 Å². The van der Waals surface area contributed by atoms with Crippen LogP contribution in [-0.2, 0) is 0 Å². The Bertz CT molecular complexity index is 1360.